The number of amides is 1. The molecule has 9 heteroatoms. The molecule has 0 bridgehead atoms. The minimum absolute atomic E-state index is 0.0176. The molecular weight excluding hydrogens is 426 g/mol. The number of methoxy groups -OCH3 is 1. The van der Waals surface area contributed by atoms with Gasteiger partial charge in [0.2, 0.25) is 15.9 Å². The first-order chi connectivity index (χ1) is 14.4. The van der Waals surface area contributed by atoms with Crippen LogP contribution in [0.15, 0.2) is 53.4 Å². The molecule has 1 amide bonds. The van der Waals surface area contributed by atoms with Gasteiger partial charge in [0.1, 0.15) is 10.6 Å². The zero-order chi connectivity index (χ0) is 21.6. The molecule has 3 rings (SSSR count). The molecule has 0 unspecified atom stereocenters. The van der Waals surface area contributed by atoms with Crippen molar-refractivity contribution in [2.75, 3.05) is 44.7 Å². The molecule has 7 nitrogen and oxygen atoms in total. The lowest BCUT2D eigenvalue weighted by atomic mass is 10.2. The van der Waals surface area contributed by atoms with Crippen LogP contribution in [-0.4, -0.2) is 59.1 Å². The van der Waals surface area contributed by atoms with Gasteiger partial charge in [0.15, 0.2) is 0 Å². The van der Waals surface area contributed by atoms with Crippen LogP contribution in [0, 0.1) is 0 Å². The number of benzene rings is 2. The van der Waals surface area contributed by atoms with Gasteiger partial charge in [0.05, 0.1) is 12.1 Å². The first-order valence-electron chi connectivity index (χ1n) is 9.82. The summed E-state index contributed by atoms with van der Waals surface area (Å²) in [6.07, 6.45) is 0.954. The van der Waals surface area contributed by atoms with Crippen molar-refractivity contribution >= 4 is 33.2 Å². The fraction of sp³-hybridized carbons (Fsp3) is 0.381. The monoisotopic (exact) mass is 451 g/mol. The summed E-state index contributed by atoms with van der Waals surface area (Å²) >= 11 is 5.97. The topological polar surface area (TPSA) is 79.0 Å². The lowest BCUT2D eigenvalue weighted by molar-refractivity contribution is -0.130. The van der Waals surface area contributed by atoms with E-state index in [0.29, 0.717) is 13.1 Å². The third kappa shape index (κ3) is 5.65. The van der Waals surface area contributed by atoms with E-state index in [1.807, 2.05) is 24.3 Å². The number of halogens is 1. The number of sulfonamides is 1. The van der Waals surface area contributed by atoms with Gasteiger partial charge in [-0.1, -0.05) is 23.7 Å². The third-order valence-corrected chi connectivity index (χ3v) is 7.00. The van der Waals surface area contributed by atoms with Crippen LogP contribution in [0.2, 0.25) is 5.02 Å². The number of anilines is 1. The highest BCUT2D eigenvalue weighted by Crippen LogP contribution is 2.21. The fourth-order valence-electron chi connectivity index (χ4n) is 3.41. The molecule has 1 heterocycles. The summed E-state index contributed by atoms with van der Waals surface area (Å²) in [6.45, 7) is 2.87. The van der Waals surface area contributed by atoms with Crippen molar-refractivity contribution in [2.45, 2.75) is 17.7 Å². The predicted molar refractivity (Wildman–Crippen MR) is 118 cm³/mol. The summed E-state index contributed by atoms with van der Waals surface area (Å²) in [5.74, 6) is 0.748. The molecule has 1 fully saturated rings. The number of rotatable bonds is 7. The number of hydrogen-bond acceptors (Lipinski definition) is 5. The molecule has 2 aromatic carbocycles. The van der Waals surface area contributed by atoms with E-state index in [1.165, 1.54) is 12.1 Å². The van der Waals surface area contributed by atoms with Crippen molar-refractivity contribution < 1.29 is 17.9 Å². The average Bonchev–Trinajstić information content (AvgIpc) is 3.00. The standard InChI is InChI=1S/C21H26ClN3O4S/c1-29-18-9-7-17(8-10-18)24-13-4-14-25(16-15-24)21(26)11-12-23-30(27,28)20-6-3-2-5-19(20)22/h2-3,5-10,23H,4,11-16H2,1H3. The van der Waals surface area contributed by atoms with Crippen LogP contribution in [0.3, 0.4) is 0 Å². The van der Waals surface area contributed by atoms with E-state index in [1.54, 1.807) is 24.1 Å². The summed E-state index contributed by atoms with van der Waals surface area (Å²) in [5, 5.41) is 0.155. The molecule has 1 aliphatic heterocycles. The van der Waals surface area contributed by atoms with E-state index in [9.17, 15) is 13.2 Å². The highest BCUT2D eigenvalue weighted by molar-refractivity contribution is 7.89. The van der Waals surface area contributed by atoms with Gasteiger partial charge in [-0.3, -0.25) is 4.79 Å². The Labute approximate surface area is 182 Å². The minimum Gasteiger partial charge on any atom is -0.497 e. The van der Waals surface area contributed by atoms with Crippen molar-refractivity contribution in [3.05, 3.63) is 53.6 Å². The van der Waals surface area contributed by atoms with E-state index in [-0.39, 0.29) is 28.8 Å². The number of carbonyl (C=O) groups is 1. The molecule has 162 valence electrons. The summed E-state index contributed by atoms with van der Waals surface area (Å²) in [6, 6.07) is 14.1. The molecule has 0 radical (unpaired) electrons. The molecule has 1 aliphatic rings. The zero-order valence-corrected chi connectivity index (χ0v) is 18.5. The van der Waals surface area contributed by atoms with Gasteiger partial charge in [-0.15, -0.1) is 0 Å². The summed E-state index contributed by atoms with van der Waals surface area (Å²) in [4.78, 5) is 16.7. The van der Waals surface area contributed by atoms with Gasteiger partial charge in [-0.25, -0.2) is 13.1 Å². The van der Waals surface area contributed by atoms with Gasteiger partial charge in [0, 0.05) is 44.8 Å². The number of ether oxygens (including phenoxy) is 1. The van der Waals surface area contributed by atoms with Crippen LogP contribution < -0.4 is 14.4 Å². The predicted octanol–water partition coefficient (Wildman–Crippen LogP) is 2.76. The van der Waals surface area contributed by atoms with Crippen molar-refractivity contribution in [2.24, 2.45) is 0 Å². The maximum absolute atomic E-state index is 12.6. The zero-order valence-electron chi connectivity index (χ0n) is 16.9. The minimum atomic E-state index is -3.75. The molecule has 2 aromatic rings. The number of hydrogen-bond donors (Lipinski definition) is 1. The van der Waals surface area contributed by atoms with Crippen LogP contribution in [0.4, 0.5) is 5.69 Å². The number of carbonyl (C=O) groups excluding carboxylic acids is 1. The van der Waals surface area contributed by atoms with Crippen molar-refractivity contribution in [3.8, 4) is 5.75 Å². The van der Waals surface area contributed by atoms with Gasteiger partial charge in [-0.2, -0.15) is 0 Å². The maximum atomic E-state index is 12.6. The quantitative estimate of drug-likeness (QED) is 0.700. The molecule has 30 heavy (non-hydrogen) atoms. The number of nitrogens with zero attached hydrogens (tertiary/aromatic N) is 2. The maximum Gasteiger partial charge on any atom is 0.242 e. The highest BCUT2D eigenvalue weighted by Gasteiger charge is 2.21. The smallest absolute Gasteiger partial charge is 0.242 e. The summed E-state index contributed by atoms with van der Waals surface area (Å²) in [7, 11) is -2.11. The van der Waals surface area contributed by atoms with Gasteiger partial charge in [0.25, 0.3) is 0 Å². The molecule has 1 N–H and O–H groups in total. The Morgan fingerprint density at radius 1 is 1.07 bits per heavy atom. The number of nitrogens with one attached hydrogen (secondary N) is 1. The molecule has 1 saturated heterocycles. The second kappa shape index (κ2) is 10.1. The van der Waals surface area contributed by atoms with E-state index >= 15 is 0 Å². The van der Waals surface area contributed by atoms with Gasteiger partial charge >= 0.3 is 0 Å². The van der Waals surface area contributed by atoms with Crippen LogP contribution in [0.25, 0.3) is 0 Å². The molecule has 0 aromatic heterocycles. The molecule has 0 saturated carbocycles. The largest absolute Gasteiger partial charge is 0.497 e. The highest BCUT2D eigenvalue weighted by atomic mass is 35.5. The molecular formula is C21H26ClN3O4S. The van der Waals surface area contributed by atoms with Gasteiger partial charge < -0.3 is 14.5 Å². The Balaban J connectivity index is 1.50. The van der Waals surface area contributed by atoms with Crippen LogP contribution >= 0.6 is 11.6 Å². The van der Waals surface area contributed by atoms with Crippen LogP contribution in [-0.2, 0) is 14.8 Å². The lowest BCUT2D eigenvalue weighted by Crippen LogP contribution is -2.37. The van der Waals surface area contributed by atoms with Crippen molar-refractivity contribution in [1.29, 1.82) is 0 Å². The third-order valence-electron chi connectivity index (χ3n) is 5.04. The first-order valence-corrected chi connectivity index (χ1v) is 11.7. The Morgan fingerprint density at radius 2 is 1.80 bits per heavy atom. The normalized spacial score (nSPS) is 15.0. The van der Waals surface area contributed by atoms with E-state index < -0.39 is 10.0 Å². The second-order valence-electron chi connectivity index (χ2n) is 7.00. The first kappa shape index (κ1) is 22.4. The lowest BCUT2D eigenvalue weighted by Gasteiger charge is -2.24. The fourth-order valence-corrected chi connectivity index (χ4v) is 4.96. The van der Waals surface area contributed by atoms with Crippen LogP contribution in [0.1, 0.15) is 12.8 Å². The molecule has 0 aliphatic carbocycles. The average molecular weight is 452 g/mol. The van der Waals surface area contributed by atoms with Crippen LogP contribution in [0.5, 0.6) is 5.75 Å². The van der Waals surface area contributed by atoms with E-state index in [4.69, 9.17) is 16.3 Å². The van der Waals surface area contributed by atoms with E-state index in [0.717, 1.165) is 30.9 Å². The Morgan fingerprint density at radius 3 is 2.50 bits per heavy atom. The Bertz CT molecular complexity index is 966. The summed E-state index contributed by atoms with van der Waals surface area (Å²) in [5.41, 5.74) is 1.09. The Kier molecular flexibility index (Phi) is 7.58. The van der Waals surface area contributed by atoms with E-state index in [2.05, 4.69) is 9.62 Å². The SMILES string of the molecule is COc1ccc(N2CCCN(C(=O)CCNS(=O)(=O)c3ccccc3Cl)CC2)cc1. The summed E-state index contributed by atoms with van der Waals surface area (Å²) < 4.78 is 32.4. The molecule has 0 spiro atoms. The second-order valence-corrected chi connectivity index (χ2v) is 9.14. The van der Waals surface area contributed by atoms with Gasteiger partial charge in [-0.05, 0) is 42.8 Å². The van der Waals surface area contributed by atoms with Crippen molar-refractivity contribution in [3.63, 3.8) is 0 Å². The van der Waals surface area contributed by atoms with Crippen molar-refractivity contribution in [1.82, 2.24) is 9.62 Å². The Hall–Kier alpha value is -2.29. The molecule has 0 atom stereocenters.